The third kappa shape index (κ3) is 3.90. The maximum absolute atomic E-state index is 12.2. The Morgan fingerprint density at radius 3 is 2.47 bits per heavy atom. The van der Waals surface area contributed by atoms with Crippen molar-refractivity contribution < 1.29 is 24.1 Å². The second kappa shape index (κ2) is 6.33. The summed E-state index contributed by atoms with van der Waals surface area (Å²) < 4.78 is 16.9. The molecule has 0 bridgehead atoms. The van der Waals surface area contributed by atoms with Gasteiger partial charge in [-0.3, -0.25) is 9.36 Å². The van der Waals surface area contributed by atoms with Gasteiger partial charge in [-0.2, -0.15) is 0 Å². The maximum Gasteiger partial charge on any atom is 0.306 e. The Balaban J connectivity index is 2.81. The van der Waals surface area contributed by atoms with Crippen LogP contribution in [0.15, 0.2) is 30.3 Å². The van der Waals surface area contributed by atoms with Gasteiger partial charge in [-0.1, -0.05) is 30.3 Å². The normalized spacial score (nSPS) is 17.3. The Labute approximate surface area is 112 Å². The average Bonchev–Trinajstić information content (AvgIpc) is 2.38. The molecule has 0 heterocycles. The quantitative estimate of drug-likeness (QED) is 0.618. The van der Waals surface area contributed by atoms with Gasteiger partial charge in [0.05, 0.1) is 13.0 Å². The lowest BCUT2D eigenvalue weighted by atomic mass is 10.1. The van der Waals surface area contributed by atoms with Crippen molar-refractivity contribution in [1.82, 2.24) is 0 Å². The third-order valence-corrected chi connectivity index (χ3v) is 5.37. The Morgan fingerprint density at radius 1 is 1.37 bits per heavy atom. The van der Waals surface area contributed by atoms with Crippen molar-refractivity contribution in [3.63, 3.8) is 0 Å². The maximum atomic E-state index is 12.2. The van der Waals surface area contributed by atoms with E-state index < -0.39 is 18.7 Å². The number of carbonyl (C=O) groups excluding carboxylic acids is 1. The van der Waals surface area contributed by atoms with Crippen molar-refractivity contribution in [3.05, 3.63) is 35.9 Å². The van der Waals surface area contributed by atoms with Gasteiger partial charge in [0.15, 0.2) is 5.34 Å². The molecule has 6 heteroatoms. The van der Waals surface area contributed by atoms with Crippen molar-refractivity contribution in [2.45, 2.75) is 25.6 Å². The van der Waals surface area contributed by atoms with E-state index in [0.29, 0.717) is 5.56 Å². The van der Waals surface area contributed by atoms with Crippen LogP contribution in [0.1, 0.15) is 25.8 Å². The molecule has 0 spiro atoms. The summed E-state index contributed by atoms with van der Waals surface area (Å²) in [5, 5.41) is 8.42. The molecular weight excluding hydrogens is 267 g/mol. The van der Waals surface area contributed by atoms with Gasteiger partial charge in [-0.15, -0.1) is 0 Å². The van der Waals surface area contributed by atoms with Crippen LogP contribution in [0, 0.1) is 0 Å². The molecule has 0 saturated heterocycles. The number of aliphatic hydroxyl groups is 1. The topological polar surface area (TPSA) is 83.8 Å². The summed E-state index contributed by atoms with van der Waals surface area (Å²) in [7, 11) is -3.94. The fraction of sp³-hybridized carbons (Fsp3) is 0.462. The summed E-state index contributed by atoms with van der Waals surface area (Å²) in [6.45, 7) is 3.18. The Hall–Kier alpha value is -1.16. The zero-order valence-electron chi connectivity index (χ0n) is 11.1. The molecule has 0 aliphatic carbocycles. The highest BCUT2D eigenvalue weighted by Gasteiger charge is 2.42. The largest absolute Gasteiger partial charge is 0.466 e. The third-order valence-electron chi connectivity index (χ3n) is 2.93. The van der Waals surface area contributed by atoms with Gasteiger partial charge in [0.1, 0.15) is 0 Å². The van der Waals surface area contributed by atoms with E-state index in [1.165, 1.54) is 6.92 Å². The van der Waals surface area contributed by atoms with E-state index in [1.54, 1.807) is 37.3 Å². The van der Waals surface area contributed by atoms with E-state index >= 15 is 0 Å². The molecule has 2 N–H and O–H groups in total. The van der Waals surface area contributed by atoms with Crippen LogP contribution in [-0.2, 0) is 19.4 Å². The second-order valence-corrected chi connectivity index (χ2v) is 7.09. The Kier molecular flexibility index (Phi) is 5.29. The van der Waals surface area contributed by atoms with Crippen LogP contribution in [0.2, 0.25) is 0 Å². The molecule has 0 radical (unpaired) electrons. The van der Waals surface area contributed by atoms with Crippen LogP contribution < -0.4 is 0 Å². The van der Waals surface area contributed by atoms with E-state index in [4.69, 9.17) is 4.74 Å². The number of ether oxygens (including phenoxy) is 1. The van der Waals surface area contributed by atoms with Crippen LogP contribution in [0.3, 0.4) is 0 Å². The van der Waals surface area contributed by atoms with Crippen molar-refractivity contribution >= 4 is 13.3 Å². The summed E-state index contributed by atoms with van der Waals surface area (Å²) in [5.41, 5.74) is 0.352. The molecule has 0 aliphatic rings. The zero-order chi connectivity index (χ0) is 14.5. The van der Waals surface area contributed by atoms with Crippen molar-refractivity contribution in [2.75, 3.05) is 12.8 Å². The molecule has 1 rings (SSSR count). The van der Waals surface area contributed by atoms with Gasteiger partial charge in [0, 0.05) is 6.16 Å². The van der Waals surface area contributed by atoms with Gasteiger partial charge >= 0.3 is 5.97 Å². The van der Waals surface area contributed by atoms with E-state index in [9.17, 15) is 19.4 Å². The van der Waals surface area contributed by atoms with E-state index in [1.807, 2.05) is 0 Å². The first-order valence-corrected chi connectivity index (χ1v) is 7.91. The first-order valence-electron chi connectivity index (χ1n) is 6.06. The minimum atomic E-state index is -3.94. The molecule has 0 saturated carbocycles. The molecule has 5 nitrogen and oxygen atoms in total. The molecule has 1 aromatic carbocycles. The van der Waals surface area contributed by atoms with Crippen LogP contribution in [0.5, 0.6) is 0 Å². The smallest absolute Gasteiger partial charge is 0.306 e. The highest BCUT2D eigenvalue weighted by atomic mass is 31.2. The first-order chi connectivity index (χ1) is 8.81. The van der Waals surface area contributed by atoms with Crippen molar-refractivity contribution in [1.29, 1.82) is 0 Å². The van der Waals surface area contributed by atoms with Crippen molar-refractivity contribution in [3.8, 4) is 0 Å². The summed E-state index contributed by atoms with van der Waals surface area (Å²) >= 11 is 0. The van der Waals surface area contributed by atoms with Gasteiger partial charge in [0.2, 0.25) is 7.37 Å². The van der Waals surface area contributed by atoms with Crippen LogP contribution in [-0.4, -0.2) is 28.7 Å². The highest BCUT2D eigenvalue weighted by Crippen LogP contribution is 2.58. The molecular formula is C13H19O5P. The first kappa shape index (κ1) is 15.9. The molecule has 106 valence electrons. The van der Waals surface area contributed by atoms with Gasteiger partial charge in [-0.25, -0.2) is 0 Å². The predicted octanol–water partition coefficient (Wildman–Crippen LogP) is 2.08. The average molecular weight is 286 g/mol. The fourth-order valence-corrected chi connectivity index (χ4v) is 3.12. The SMILES string of the molecule is CCOC(=O)CCP(=O)(O)[C@@](C)(O)c1ccccc1. The van der Waals surface area contributed by atoms with Crippen LogP contribution in [0.4, 0.5) is 0 Å². The number of benzene rings is 1. The van der Waals surface area contributed by atoms with Crippen LogP contribution >= 0.6 is 7.37 Å². The predicted molar refractivity (Wildman–Crippen MR) is 72.0 cm³/mol. The monoisotopic (exact) mass is 286 g/mol. The molecule has 0 amide bonds. The molecule has 2 atom stereocenters. The van der Waals surface area contributed by atoms with Crippen molar-refractivity contribution in [2.24, 2.45) is 0 Å². The standard InChI is InChI=1S/C13H19O5P/c1-3-18-12(14)9-10-19(16,17)13(2,15)11-7-5-4-6-8-11/h4-8,15H,3,9-10H2,1-2H3,(H,16,17)/t13-/m1/s1. The van der Waals surface area contributed by atoms with E-state index in [2.05, 4.69) is 0 Å². The molecule has 1 unspecified atom stereocenters. The Bertz CT molecular complexity index is 469. The molecule has 0 aromatic heterocycles. The fourth-order valence-electron chi connectivity index (χ4n) is 1.65. The van der Waals surface area contributed by atoms with Gasteiger partial charge in [-0.05, 0) is 19.4 Å². The number of esters is 1. The molecule has 19 heavy (non-hydrogen) atoms. The van der Waals surface area contributed by atoms with Gasteiger partial charge in [0.25, 0.3) is 0 Å². The van der Waals surface area contributed by atoms with E-state index in [-0.39, 0.29) is 19.2 Å². The van der Waals surface area contributed by atoms with E-state index in [0.717, 1.165) is 0 Å². The number of hydrogen-bond acceptors (Lipinski definition) is 4. The van der Waals surface area contributed by atoms with Crippen LogP contribution in [0.25, 0.3) is 0 Å². The minimum Gasteiger partial charge on any atom is -0.466 e. The van der Waals surface area contributed by atoms with Gasteiger partial charge < -0.3 is 14.7 Å². The second-order valence-electron chi connectivity index (χ2n) is 4.37. The summed E-state index contributed by atoms with van der Waals surface area (Å²) in [6.07, 6.45) is -0.502. The Morgan fingerprint density at radius 2 is 1.95 bits per heavy atom. The zero-order valence-corrected chi connectivity index (χ0v) is 12.0. The lowest BCUT2D eigenvalue weighted by Gasteiger charge is -2.29. The molecule has 0 fully saturated rings. The molecule has 1 aromatic rings. The lowest BCUT2D eigenvalue weighted by molar-refractivity contribution is -0.142. The summed E-state index contributed by atoms with van der Waals surface area (Å²) in [6, 6.07) is 8.26. The highest BCUT2D eigenvalue weighted by molar-refractivity contribution is 7.59. The lowest BCUT2D eigenvalue weighted by Crippen LogP contribution is -2.24. The number of hydrogen-bond donors (Lipinski definition) is 2. The number of carbonyl (C=O) groups is 1. The number of rotatable bonds is 6. The summed E-state index contributed by atoms with van der Waals surface area (Å²) in [4.78, 5) is 21.2. The molecule has 0 aliphatic heterocycles. The minimum absolute atomic E-state index is 0.190. The summed E-state index contributed by atoms with van der Waals surface area (Å²) in [5.74, 6) is -0.541.